The molecule has 108 valence electrons. The Hall–Kier alpha value is -2.83. The number of hydrogen-bond donors (Lipinski definition) is 2. The first kappa shape index (κ1) is 14.1. The van der Waals surface area contributed by atoms with Gasteiger partial charge in [0.15, 0.2) is 6.10 Å². The predicted octanol–water partition coefficient (Wildman–Crippen LogP) is 3.88. The number of para-hydroxylation sites is 1. The maximum absolute atomic E-state index is 10.1. The van der Waals surface area contributed by atoms with Crippen molar-refractivity contribution in [2.45, 2.75) is 12.1 Å². The summed E-state index contributed by atoms with van der Waals surface area (Å²) in [6.45, 7) is 0. The van der Waals surface area contributed by atoms with Gasteiger partial charge in [0.1, 0.15) is 0 Å². The lowest BCUT2D eigenvalue weighted by molar-refractivity contribution is 0.207. The number of anilines is 1. The zero-order valence-corrected chi connectivity index (χ0v) is 12.0. The van der Waals surface area contributed by atoms with Crippen LogP contribution in [0.25, 0.3) is 10.8 Å². The van der Waals surface area contributed by atoms with Crippen LogP contribution in [0.5, 0.6) is 0 Å². The molecule has 0 heterocycles. The third-order valence-corrected chi connectivity index (χ3v) is 3.68. The average Bonchev–Trinajstić information content (AvgIpc) is 2.59. The molecule has 3 rings (SSSR count). The lowest BCUT2D eigenvalue weighted by atomic mass is 9.98. The SMILES string of the molecule is N#C[C@@H](O)[C@@H](Nc1ccccc1)c1ccc2ccccc2c1. The summed E-state index contributed by atoms with van der Waals surface area (Å²) in [6.07, 6.45) is -1.12. The molecule has 0 aliphatic carbocycles. The summed E-state index contributed by atoms with van der Waals surface area (Å²) in [5.41, 5.74) is 1.76. The molecule has 0 bridgehead atoms. The molecule has 3 nitrogen and oxygen atoms in total. The fraction of sp³-hybridized carbons (Fsp3) is 0.105. The zero-order valence-electron chi connectivity index (χ0n) is 12.0. The third-order valence-electron chi connectivity index (χ3n) is 3.68. The van der Waals surface area contributed by atoms with Crippen molar-refractivity contribution in [1.29, 1.82) is 5.26 Å². The summed E-state index contributed by atoms with van der Waals surface area (Å²) in [7, 11) is 0. The summed E-state index contributed by atoms with van der Waals surface area (Å²) in [4.78, 5) is 0. The molecule has 0 amide bonds. The van der Waals surface area contributed by atoms with Gasteiger partial charge < -0.3 is 10.4 Å². The normalized spacial score (nSPS) is 13.3. The smallest absolute Gasteiger partial charge is 0.164 e. The van der Waals surface area contributed by atoms with Gasteiger partial charge in [-0.2, -0.15) is 5.26 Å². The van der Waals surface area contributed by atoms with Crippen molar-refractivity contribution in [2.24, 2.45) is 0 Å². The fourth-order valence-electron chi connectivity index (χ4n) is 2.53. The first-order chi connectivity index (χ1) is 10.8. The van der Waals surface area contributed by atoms with Crippen molar-refractivity contribution in [3.8, 4) is 6.07 Å². The summed E-state index contributed by atoms with van der Waals surface area (Å²) >= 11 is 0. The highest BCUT2D eigenvalue weighted by atomic mass is 16.3. The Morgan fingerprint density at radius 1 is 0.864 bits per heavy atom. The molecule has 0 aliphatic rings. The van der Waals surface area contributed by atoms with Crippen molar-refractivity contribution in [3.63, 3.8) is 0 Å². The van der Waals surface area contributed by atoms with Crippen LogP contribution in [-0.4, -0.2) is 11.2 Å². The fourth-order valence-corrected chi connectivity index (χ4v) is 2.53. The Kier molecular flexibility index (Phi) is 4.04. The van der Waals surface area contributed by atoms with Crippen LogP contribution in [0.3, 0.4) is 0 Å². The van der Waals surface area contributed by atoms with Gasteiger partial charge in [-0.1, -0.05) is 54.6 Å². The number of benzene rings is 3. The molecular weight excluding hydrogens is 272 g/mol. The molecule has 3 aromatic carbocycles. The minimum atomic E-state index is -1.12. The molecule has 3 heteroatoms. The van der Waals surface area contributed by atoms with E-state index in [1.165, 1.54) is 0 Å². The highest BCUT2D eigenvalue weighted by Gasteiger charge is 2.21. The largest absolute Gasteiger partial charge is 0.376 e. The molecule has 2 N–H and O–H groups in total. The van der Waals surface area contributed by atoms with E-state index in [0.29, 0.717) is 0 Å². The molecule has 2 atom stereocenters. The number of rotatable bonds is 4. The summed E-state index contributed by atoms with van der Waals surface area (Å²) < 4.78 is 0. The van der Waals surface area contributed by atoms with Crippen LogP contribution in [0.2, 0.25) is 0 Å². The Morgan fingerprint density at radius 3 is 2.27 bits per heavy atom. The van der Waals surface area contributed by atoms with Gasteiger partial charge >= 0.3 is 0 Å². The van der Waals surface area contributed by atoms with Crippen LogP contribution < -0.4 is 5.32 Å². The molecule has 0 aromatic heterocycles. The number of nitrogens with one attached hydrogen (secondary N) is 1. The van der Waals surface area contributed by atoms with E-state index in [9.17, 15) is 5.11 Å². The second-order valence-corrected chi connectivity index (χ2v) is 5.17. The second kappa shape index (κ2) is 6.30. The van der Waals surface area contributed by atoms with Crippen LogP contribution in [0.15, 0.2) is 72.8 Å². The van der Waals surface area contributed by atoms with Crippen molar-refractivity contribution in [3.05, 3.63) is 78.4 Å². The molecule has 0 spiro atoms. The van der Waals surface area contributed by atoms with E-state index in [1.807, 2.05) is 78.9 Å². The maximum atomic E-state index is 10.1. The molecule has 22 heavy (non-hydrogen) atoms. The van der Waals surface area contributed by atoms with E-state index < -0.39 is 12.1 Å². The van der Waals surface area contributed by atoms with E-state index in [1.54, 1.807) is 0 Å². The minimum absolute atomic E-state index is 0.475. The number of nitriles is 1. The second-order valence-electron chi connectivity index (χ2n) is 5.17. The number of hydrogen-bond acceptors (Lipinski definition) is 3. The number of nitrogens with zero attached hydrogens (tertiary/aromatic N) is 1. The summed E-state index contributed by atoms with van der Waals surface area (Å²) in [5.74, 6) is 0. The minimum Gasteiger partial charge on any atom is -0.376 e. The number of aliphatic hydroxyl groups is 1. The van der Waals surface area contributed by atoms with Gasteiger partial charge in [-0.3, -0.25) is 0 Å². The molecule has 0 saturated heterocycles. The van der Waals surface area contributed by atoms with E-state index in [-0.39, 0.29) is 0 Å². The monoisotopic (exact) mass is 288 g/mol. The Labute approximate surface area is 129 Å². The molecule has 0 aliphatic heterocycles. The molecular formula is C19H16N2O. The summed E-state index contributed by atoms with van der Waals surface area (Å²) in [5, 5.41) is 24.7. The molecule has 0 radical (unpaired) electrons. The van der Waals surface area contributed by atoms with Gasteiger partial charge in [0.05, 0.1) is 12.1 Å². The van der Waals surface area contributed by atoms with Crippen molar-refractivity contribution in [2.75, 3.05) is 5.32 Å². The number of aliphatic hydroxyl groups excluding tert-OH is 1. The Morgan fingerprint density at radius 2 is 1.55 bits per heavy atom. The van der Waals surface area contributed by atoms with Crippen LogP contribution >= 0.6 is 0 Å². The topological polar surface area (TPSA) is 56.0 Å². The Balaban J connectivity index is 1.98. The molecule has 0 unspecified atom stereocenters. The van der Waals surface area contributed by atoms with E-state index in [2.05, 4.69) is 5.32 Å². The standard InChI is InChI=1S/C19H16N2O/c20-13-18(22)19(21-17-8-2-1-3-9-17)16-11-10-14-6-4-5-7-15(14)12-16/h1-12,18-19,21-22H/t18-,19+/m1/s1. The van der Waals surface area contributed by atoms with Gasteiger partial charge in [-0.15, -0.1) is 0 Å². The van der Waals surface area contributed by atoms with Gasteiger partial charge in [0.25, 0.3) is 0 Å². The van der Waals surface area contributed by atoms with Crippen LogP contribution in [0.4, 0.5) is 5.69 Å². The van der Waals surface area contributed by atoms with Crippen LogP contribution in [0.1, 0.15) is 11.6 Å². The van der Waals surface area contributed by atoms with Gasteiger partial charge in [-0.25, -0.2) is 0 Å². The summed E-state index contributed by atoms with van der Waals surface area (Å²) in [6, 6.07) is 25.0. The lowest BCUT2D eigenvalue weighted by Crippen LogP contribution is -2.24. The number of fused-ring (bicyclic) bond motifs is 1. The van der Waals surface area contributed by atoms with Crippen LogP contribution in [0, 0.1) is 11.3 Å². The quantitative estimate of drug-likeness (QED) is 0.716. The van der Waals surface area contributed by atoms with E-state index in [4.69, 9.17) is 5.26 Å². The van der Waals surface area contributed by atoms with Gasteiger partial charge in [-0.05, 0) is 34.5 Å². The van der Waals surface area contributed by atoms with Gasteiger partial charge in [0, 0.05) is 5.69 Å². The first-order valence-electron chi connectivity index (χ1n) is 7.16. The predicted molar refractivity (Wildman–Crippen MR) is 88.4 cm³/mol. The van der Waals surface area contributed by atoms with Crippen molar-refractivity contribution >= 4 is 16.5 Å². The lowest BCUT2D eigenvalue weighted by Gasteiger charge is -2.22. The zero-order chi connectivity index (χ0) is 15.4. The average molecular weight is 288 g/mol. The highest BCUT2D eigenvalue weighted by Crippen LogP contribution is 2.26. The highest BCUT2D eigenvalue weighted by molar-refractivity contribution is 5.83. The van der Waals surface area contributed by atoms with Crippen LogP contribution in [-0.2, 0) is 0 Å². The molecule has 0 saturated carbocycles. The first-order valence-corrected chi connectivity index (χ1v) is 7.16. The van der Waals surface area contributed by atoms with Crippen molar-refractivity contribution in [1.82, 2.24) is 0 Å². The molecule has 3 aromatic rings. The van der Waals surface area contributed by atoms with Gasteiger partial charge in [0.2, 0.25) is 0 Å². The third kappa shape index (κ3) is 2.93. The Bertz CT molecular complexity index is 808. The maximum Gasteiger partial charge on any atom is 0.164 e. The van der Waals surface area contributed by atoms with E-state index >= 15 is 0 Å². The molecule has 0 fully saturated rings. The van der Waals surface area contributed by atoms with Crippen molar-refractivity contribution < 1.29 is 5.11 Å². The van der Waals surface area contributed by atoms with E-state index in [0.717, 1.165) is 22.0 Å².